The second-order valence-corrected chi connectivity index (χ2v) is 5.56. The van der Waals surface area contributed by atoms with E-state index in [0.717, 1.165) is 21.4 Å². The zero-order valence-electron chi connectivity index (χ0n) is 9.41. The van der Waals surface area contributed by atoms with Crippen LogP contribution in [0.3, 0.4) is 0 Å². The zero-order chi connectivity index (χ0) is 12.3. The van der Waals surface area contributed by atoms with E-state index in [-0.39, 0.29) is 6.04 Å². The largest absolute Gasteiger partial charge is 0.453 e. The van der Waals surface area contributed by atoms with Crippen molar-refractivity contribution < 1.29 is 4.42 Å². The number of furan rings is 1. The van der Waals surface area contributed by atoms with Crippen LogP contribution in [-0.4, -0.2) is 0 Å². The number of nitrogens with one attached hydrogen (secondary N) is 1. The van der Waals surface area contributed by atoms with Crippen molar-refractivity contribution in [1.29, 1.82) is 0 Å². The lowest BCUT2D eigenvalue weighted by Crippen LogP contribution is -2.17. The summed E-state index contributed by atoms with van der Waals surface area (Å²) in [5, 5.41) is 3.42. The first kappa shape index (κ1) is 12.9. The number of rotatable bonds is 4. The molecule has 0 unspecified atom stereocenters. The summed E-state index contributed by atoms with van der Waals surface area (Å²) < 4.78 is 7.31. The molecule has 1 N–H and O–H groups in total. The Morgan fingerprint density at radius 2 is 2.06 bits per heavy atom. The molecule has 17 heavy (non-hydrogen) atoms. The lowest BCUT2D eigenvalue weighted by atomic mass is 10.1. The van der Waals surface area contributed by atoms with Gasteiger partial charge in [-0.25, -0.2) is 0 Å². The van der Waals surface area contributed by atoms with Crippen LogP contribution >= 0.6 is 31.9 Å². The van der Waals surface area contributed by atoms with Gasteiger partial charge in [-0.2, -0.15) is 0 Å². The molecule has 2 rings (SSSR count). The van der Waals surface area contributed by atoms with Gasteiger partial charge in [0.1, 0.15) is 5.76 Å². The van der Waals surface area contributed by atoms with Crippen molar-refractivity contribution in [3.8, 4) is 0 Å². The van der Waals surface area contributed by atoms with Gasteiger partial charge in [0, 0.05) is 10.5 Å². The maximum atomic E-state index is 5.44. The van der Waals surface area contributed by atoms with E-state index in [1.807, 2.05) is 24.3 Å². The summed E-state index contributed by atoms with van der Waals surface area (Å²) in [6, 6.07) is 12.5. The van der Waals surface area contributed by atoms with Gasteiger partial charge in [-0.3, -0.25) is 0 Å². The highest BCUT2D eigenvalue weighted by Crippen LogP contribution is 2.19. The van der Waals surface area contributed by atoms with Crippen LogP contribution in [0.4, 0.5) is 0 Å². The maximum absolute atomic E-state index is 5.44. The molecule has 2 nitrogen and oxygen atoms in total. The van der Waals surface area contributed by atoms with Gasteiger partial charge in [0.05, 0.1) is 6.54 Å². The number of benzene rings is 1. The van der Waals surface area contributed by atoms with Crippen molar-refractivity contribution in [2.24, 2.45) is 0 Å². The molecular formula is C13H13Br2NO. The number of hydrogen-bond donors (Lipinski definition) is 1. The molecule has 1 aromatic carbocycles. The van der Waals surface area contributed by atoms with E-state index in [1.54, 1.807) is 0 Å². The summed E-state index contributed by atoms with van der Waals surface area (Å²) in [5.74, 6) is 0.929. The third kappa shape index (κ3) is 3.69. The Bertz CT molecular complexity index is 496. The van der Waals surface area contributed by atoms with Crippen molar-refractivity contribution >= 4 is 31.9 Å². The molecule has 0 amide bonds. The summed E-state index contributed by atoms with van der Waals surface area (Å²) in [7, 11) is 0. The molecule has 90 valence electrons. The molecule has 1 heterocycles. The summed E-state index contributed by atoms with van der Waals surface area (Å²) in [6.07, 6.45) is 0. The molecule has 0 aliphatic heterocycles. The predicted octanol–water partition coefficient (Wildman–Crippen LogP) is 4.66. The molecule has 0 spiro atoms. The van der Waals surface area contributed by atoms with Crippen LogP contribution in [0, 0.1) is 0 Å². The second-order valence-electron chi connectivity index (χ2n) is 3.86. The first-order chi connectivity index (χ1) is 8.15. The molecular weight excluding hydrogens is 346 g/mol. The normalized spacial score (nSPS) is 12.6. The molecule has 1 atom stereocenters. The quantitative estimate of drug-likeness (QED) is 0.860. The van der Waals surface area contributed by atoms with Gasteiger partial charge in [0.25, 0.3) is 0 Å². The van der Waals surface area contributed by atoms with E-state index in [4.69, 9.17) is 4.42 Å². The van der Waals surface area contributed by atoms with Crippen LogP contribution in [0.15, 0.2) is 50.0 Å². The third-order valence-corrected chi connectivity index (χ3v) is 3.48. The molecule has 0 aliphatic rings. The molecule has 0 aliphatic carbocycles. The van der Waals surface area contributed by atoms with Crippen LogP contribution in [0.5, 0.6) is 0 Å². The Morgan fingerprint density at radius 3 is 2.71 bits per heavy atom. The standard InChI is InChI=1S/C13H13Br2NO/c1-9(10-3-2-4-11(14)7-10)16-8-12-5-6-13(15)17-12/h2-7,9,16H,8H2,1H3/t9-/m0/s1. The molecule has 2 aromatic rings. The van der Waals surface area contributed by atoms with Crippen LogP contribution < -0.4 is 5.32 Å². The van der Waals surface area contributed by atoms with Gasteiger partial charge in [-0.05, 0) is 52.7 Å². The average Bonchev–Trinajstić information content (AvgIpc) is 2.72. The number of hydrogen-bond acceptors (Lipinski definition) is 2. The Hall–Kier alpha value is -0.580. The minimum absolute atomic E-state index is 0.288. The summed E-state index contributed by atoms with van der Waals surface area (Å²) >= 11 is 6.77. The Kier molecular flexibility index (Phi) is 4.42. The molecule has 0 fully saturated rings. The zero-order valence-corrected chi connectivity index (χ0v) is 12.6. The second kappa shape index (κ2) is 5.85. The van der Waals surface area contributed by atoms with Gasteiger partial charge in [-0.1, -0.05) is 28.1 Å². The molecule has 0 bridgehead atoms. The predicted molar refractivity (Wildman–Crippen MR) is 75.8 cm³/mol. The van der Waals surface area contributed by atoms with Gasteiger partial charge in [0.2, 0.25) is 0 Å². The fourth-order valence-electron chi connectivity index (χ4n) is 1.59. The smallest absolute Gasteiger partial charge is 0.169 e. The third-order valence-electron chi connectivity index (χ3n) is 2.56. The fraction of sp³-hybridized carbons (Fsp3) is 0.231. The average molecular weight is 359 g/mol. The van der Waals surface area contributed by atoms with Gasteiger partial charge in [0.15, 0.2) is 4.67 Å². The lowest BCUT2D eigenvalue weighted by Gasteiger charge is -2.13. The van der Waals surface area contributed by atoms with Gasteiger partial charge < -0.3 is 9.73 Å². The maximum Gasteiger partial charge on any atom is 0.169 e. The molecule has 0 saturated heterocycles. The van der Waals surface area contributed by atoms with Crippen molar-refractivity contribution in [1.82, 2.24) is 5.32 Å². The summed E-state index contributed by atoms with van der Waals surface area (Å²) in [4.78, 5) is 0. The highest BCUT2D eigenvalue weighted by Gasteiger charge is 2.06. The van der Waals surface area contributed by atoms with Gasteiger partial charge >= 0.3 is 0 Å². The fourth-order valence-corrected chi connectivity index (χ4v) is 2.35. The van der Waals surface area contributed by atoms with E-state index in [1.165, 1.54) is 5.56 Å². The van der Waals surface area contributed by atoms with E-state index >= 15 is 0 Å². The van der Waals surface area contributed by atoms with E-state index in [0.29, 0.717) is 0 Å². The Morgan fingerprint density at radius 1 is 1.24 bits per heavy atom. The van der Waals surface area contributed by atoms with Crippen LogP contribution in [0.25, 0.3) is 0 Å². The summed E-state index contributed by atoms with van der Waals surface area (Å²) in [5.41, 5.74) is 1.25. The molecule has 0 saturated carbocycles. The molecule has 1 aromatic heterocycles. The van der Waals surface area contributed by atoms with Crippen molar-refractivity contribution in [2.45, 2.75) is 19.5 Å². The van der Waals surface area contributed by atoms with Crippen molar-refractivity contribution in [3.63, 3.8) is 0 Å². The van der Waals surface area contributed by atoms with E-state index < -0.39 is 0 Å². The SMILES string of the molecule is C[C@H](NCc1ccc(Br)o1)c1cccc(Br)c1. The Balaban J connectivity index is 1.95. The van der Waals surface area contributed by atoms with Crippen molar-refractivity contribution in [3.05, 3.63) is 56.9 Å². The van der Waals surface area contributed by atoms with E-state index in [2.05, 4.69) is 56.2 Å². The first-order valence-electron chi connectivity index (χ1n) is 5.38. The first-order valence-corrected chi connectivity index (χ1v) is 6.97. The van der Waals surface area contributed by atoms with Crippen LogP contribution in [0.2, 0.25) is 0 Å². The minimum atomic E-state index is 0.288. The highest BCUT2D eigenvalue weighted by molar-refractivity contribution is 9.10. The van der Waals surface area contributed by atoms with Crippen molar-refractivity contribution in [2.75, 3.05) is 0 Å². The van der Waals surface area contributed by atoms with Gasteiger partial charge in [-0.15, -0.1) is 0 Å². The highest BCUT2D eigenvalue weighted by atomic mass is 79.9. The van der Waals surface area contributed by atoms with Crippen LogP contribution in [0.1, 0.15) is 24.3 Å². The van der Waals surface area contributed by atoms with E-state index in [9.17, 15) is 0 Å². The molecule has 0 radical (unpaired) electrons. The monoisotopic (exact) mass is 357 g/mol. The summed E-state index contributed by atoms with van der Waals surface area (Å²) in [6.45, 7) is 2.86. The lowest BCUT2D eigenvalue weighted by molar-refractivity contribution is 0.447. The topological polar surface area (TPSA) is 25.2 Å². The number of halogens is 2. The Labute approximate surface area is 118 Å². The molecule has 4 heteroatoms. The minimum Gasteiger partial charge on any atom is -0.453 e. The van der Waals surface area contributed by atoms with Crippen LogP contribution in [-0.2, 0) is 6.54 Å².